The van der Waals surface area contributed by atoms with Crippen molar-refractivity contribution in [3.05, 3.63) is 10.2 Å². The number of rotatable bonds is 22. The van der Waals surface area contributed by atoms with Crippen LogP contribution in [0.4, 0.5) is 0 Å². The van der Waals surface area contributed by atoms with Crippen molar-refractivity contribution >= 4 is 26.7 Å². The number of unbranched alkanes of at least 4 members (excludes halogenated alkanes) is 6. The molecule has 0 fully saturated rings. The van der Waals surface area contributed by atoms with Crippen LogP contribution in [0.2, 0.25) is 31.4 Å². The van der Waals surface area contributed by atoms with Gasteiger partial charge in [-0.1, -0.05) is 0 Å². The second kappa shape index (κ2) is 20.1. The van der Waals surface area contributed by atoms with Crippen LogP contribution in [0.25, 0.3) is 0 Å². The monoisotopic (exact) mass is 560 g/mol. The molecule has 0 saturated carbocycles. The fourth-order valence-electron chi connectivity index (χ4n) is 5.06. The third-order valence-electron chi connectivity index (χ3n) is 7.68. The minimum absolute atomic E-state index is 0.479. The molecule has 0 aromatic rings. The Morgan fingerprint density at radius 3 is 1.55 bits per heavy atom. The molecule has 0 aliphatic carbocycles. The van der Waals surface area contributed by atoms with Gasteiger partial charge in [-0.05, 0) is 0 Å². The molecule has 0 heterocycles. The molecule has 0 N–H and O–H groups in total. The molecule has 0 rings (SSSR count). The van der Waals surface area contributed by atoms with E-state index in [9.17, 15) is 0 Å². The zero-order valence-corrected chi connectivity index (χ0v) is 26.7. The molecule has 0 aromatic heterocycles. The zero-order valence-electron chi connectivity index (χ0n) is 22.9. The van der Waals surface area contributed by atoms with E-state index in [1.807, 2.05) is 0 Å². The van der Waals surface area contributed by atoms with E-state index in [2.05, 4.69) is 58.6 Å². The Labute approximate surface area is 203 Å². The molecule has 0 aromatic carbocycles. The topological polar surface area (TPSA) is 9.23 Å². The van der Waals surface area contributed by atoms with Gasteiger partial charge in [0.15, 0.2) is 0 Å². The molecule has 31 heavy (non-hydrogen) atoms. The molecule has 0 aliphatic heterocycles. The maximum atomic E-state index is 7.04. The van der Waals surface area contributed by atoms with Gasteiger partial charge in [-0.2, -0.15) is 0 Å². The molecule has 3 heteroatoms. The molecule has 1 nitrogen and oxygen atoms in total. The van der Waals surface area contributed by atoms with Crippen molar-refractivity contribution in [2.45, 2.75) is 163 Å². The fourth-order valence-corrected chi connectivity index (χ4v) is 22.4. The summed E-state index contributed by atoms with van der Waals surface area (Å²) in [6.07, 6.45) is 19.5. The van der Waals surface area contributed by atoms with E-state index in [4.69, 9.17) is 4.43 Å². The summed E-state index contributed by atoms with van der Waals surface area (Å²) in [6, 6.07) is 3.84. The summed E-state index contributed by atoms with van der Waals surface area (Å²) in [4.78, 5) is 0. The first-order chi connectivity index (χ1) is 15.0. The van der Waals surface area contributed by atoms with E-state index in [0.717, 1.165) is 0 Å². The van der Waals surface area contributed by atoms with E-state index in [0.29, 0.717) is 6.10 Å². The molecule has 1 atom stereocenters. The molecule has 1 unspecified atom stereocenters. The standard InChI is InChI=1S/C16H33OSi.3C4H9.Sn/c1-6-11-12-13-15-16(14-7-2)17-18(8-3,9-4)10-5;3*1-3-4-2;/h2,7,16H,6,8-15H2,1,3-5H3;3*1,3-4H2,2H3;. The molecule has 0 amide bonds. The summed E-state index contributed by atoms with van der Waals surface area (Å²) in [7, 11) is -1.52. The van der Waals surface area contributed by atoms with Gasteiger partial charge in [-0.15, -0.1) is 0 Å². The third kappa shape index (κ3) is 13.9. The van der Waals surface area contributed by atoms with Gasteiger partial charge >= 0.3 is 204 Å². The normalized spacial score (nSPS) is 13.9. The van der Waals surface area contributed by atoms with Gasteiger partial charge in [0.05, 0.1) is 0 Å². The molecule has 0 saturated heterocycles. The molecule has 186 valence electrons. The SMILES string of the molecule is CCCCCCC(C/C=[CH]/[Sn]([CH2]CCC)([CH2]CCC)[CH2]CCC)O[Si](CC)(CC)CC. The summed E-state index contributed by atoms with van der Waals surface area (Å²) in [6.45, 7) is 16.6. The van der Waals surface area contributed by atoms with Crippen molar-refractivity contribution in [3.8, 4) is 0 Å². The predicted molar refractivity (Wildman–Crippen MR) is 149 cm³/mol. The van der Waals surface area contributed by atoms with Crippen molar-refractivity contribution in [1.29, 1.82) is 0 Å². The minimum atomic E-state index is -2.15. The van der Waals surface area contributed by atoms with Crippen LogP contribution in [0.15, 0.2) is 10.2 Å². The second-order valence-corrected chi connectivity index (χ2v) is 27.9. The summed E-state index contributed by atoms with van der Waals surface area (Å²) < 4.78 is 14.7. The van der Waals surface area contributed by atoms with E-state index >= 15 is 0 Å². The van der Waals surface area contributed by atoms with Crippen LogP contribution in [0.1, 0.15) is 126 Å². The van der Waals surface area contributed by atoms with Crippen molar-refractivity contribution in [2.75, 3.05) is 0 Å². The summed E-state index contributed by atoms with van der Waals surface area (Å²) in [5.41, 5.74) is 0. The quantitative estimate of drug-likeness (QED) is 0.0947. The van der Waals surface area contributed by atoms with E-state index in [-0.39, 0.29) is 0 Å². The Hall–Kier alpha value is 0.716. The third-order valence-corrected chi connectivity index (χ3v) is 26.6. The van der Waals surface area contributed by atoms with Crippen LogP contribution in [0.3, 0.4) is 0 Å². The molecular weight excluding hydrogens is 499 g/mol. The number of hydrogen-bond donors (Lipinski definition) is 0. The van der Waals surface area contributed by atoms with Crippen LogP contribution in [-0.2, 0) is 4.43 Å². The van der Waals surface area contributed by atoms with Gasteiger partial charge in [0.2, 0.25) is 0 Å². The Balaban J connectivity index is 5.37. The Morgan fingerprint density at radius 2 is 1.13 bits per heavy atom. The van der Waals surface area contributed by atoms with Gasteiger partial charge in [0.1, 0.15) is 0 Å². The summed E-state index contributed by atoms with van der Waals surface area (Å²) in [5, 5.41) is 0. The number of hydrogen-bond acceptors (Lipinski definition) is 1. The predicted octanol–water partition coefficient (Wildman–Crippen LogP) is 10.7. The summed E-state index contributed by atoms with van der Waals surface area (Å²) >= 11 is -2.15. The Kier molecular flexibility index (Phi) is 20.6. The van der Waals surface area contributed by atoms with Crippen molar-refractivity contribution < 1.29 is 4.43 Å². The van der Waals surface area contributed by atoms with Crippen molar-refractivity contribution in [1.82, 2.24) is 0 Å². The van der Waals surface area contributed by atoms with E-state index in [1.54, 1.807) is 13.3 Å². The first kappa shape index (κ1) is 31.7. The maximum absolute atomic E-state index is 7.04. The second-order valence-electron chi connectivity index (χ2n) is 10.1. The molecule has 0 spiro atoms. The molecule has 0 radical (unpaired) electrons. The van der Waals surface area contributed by atoms with Gasteiger partial charge in [0.25, 0.3) is 0 Å². The van der Waals surface area contributed by atoms with E-state index in [1.165, 1.54) is 95.2 Å². The van der Waals surface area contributed by atoms with Gasteiger partial charge in [-0.3, -0.25) is 0 Å². The first-order valence-corrected chi connectivity index (χ1v) is 24.6. The Bertz CT molecular complexity index is 389. The molecular formula is C28H60OSiSn. The molecule has 0 aliphatic rings. The van der Waals surface area contributed by atoms with Gasteiger partial charge in [-0.25, -0.2) is 0 Å². The van der Waals surface area contributed by atoms with Crippen LogP contribution >= 0.6 is 0 Å². The molecule has 0 bridgehead atoms. The Morgan fingerprint density at radius 1 is 0.645 bits per heavy atom. The summed E-state index contributed by atoms with van der Waals surface area (Å²) in [5.74, 6) is 0. The average Bonchev–Trinajstić information content (AvgIpc) is 2.80. The van der Waals surface area contributed by atoms with Gasteiger partial charge < -0.3 is 0 Å². The fraction of sp³-hybridized carbons (Fsp3) is 0.929. The van der Waals surface area contributed by atoms with Crippen LogP contribution in [0, 0.1) is 0 Å². The van der Waals surface area contributed by atoms with Crippen LogP contribution < -0.4 is 0 Å². The van der Waals surface area contributed by atoms with Crippen molar-refractivity contribution in [3.63, 3.8) is 0 Å². The average molecular weight is 560 g/mol. The first-order valence-electron chi connectivity index (χ1n) is 14.4. The van der Waals surface area contributed by atoms with Crippen LogP contribution in [-0.4, -0.2) is 32.8 Å². The zero-order chi connectivity index (χ0) is 23.4. The van der Waals surface area contributed by atoms with Crippen LogP contribution in [0.5, 0.6) is 0 Å². The van der Waals surface area contributed by atoms with E-state index < -0.39 is 26.7 Å². The van der Waals surface area contributed by atoms with Gasteiger partial charge in [0, 0.05) is 0 Å². The van der Waals surface area contributed by atoms with Crippen molar-refractivity contribution in [2.24, 2.45) is 0 Å².